The molecule has 1 atom stereocenters. The summed E-state index contributed by atoms with van der Waals surface area (Å²) in [4.78, 5) is 0. The van der Waals surface area contributed by atoms with E-state index in [2.05, 4.69) is 27.3 Å². The van der Waals surface area contributed by atoms with Crippen LogP contribution in [0.3, 0.4) is 0 Å². The molecular weight excluding hydrogens is 305 g/mol. The van der Waals surface area contributed by atoms with E-state index in [1.165, 1.54) is 31.3 Å². The molecule has 1 N–H and O–H groups in total. The SMILES string of the molecule is CNC(/C1=C/CCCCCC1)c1ccc(Br)cc1F. The fourth-order valence-electron chi connectivity index (χ4n) is 2.75. The number of hydrogen-bond donors (Lipinski definition) is 1. The second kappa shape index (κ2) is 7.20. The van der Waals surface area contributed by atoms with Crippen LogP contribution in [0.15, 0.2) is 34.3 Å². The van der Waals surface area contributed by atoms with Gasteiger partial charge >= 0.3 is 0 Å². The molecule has 1 aromatic rings. The summed E-state index contributed by atoms with van der Waals surface area (Å²) in [5.41, 5.74) is 2.08. The van der Waals surface area contributed by atoms with E-state index in [-0.39, 0.29) is 11.9 Å². The van der Waals surface area contributed by atoms with Gasteiger partial charge in [-0.1, -0.05) is 46.5 Å². The van der Waals surface area contributed by atoms with E-state index in [1.54, 1.807) is 6.07 Å². The van der Waals surface area contributed by atoms with Crippen LogP contribution in [0, 0.1) is 5.82 Å². The first-order chi connectivity index (χ1) is 9.22. The second-order valence-corrected chi connectivity index (χ2v) is 6.04. The molecule has 0 radical (unpaired) electrons. The quantitative estimate of drug-likeness (QED) is 0.759. The van der Waals surface area contributed by atoms with Crippen molar-refractivity contribution < 1.29 is 4.39 Å². The molecule has 104 valence electrons. The third-order valence-electron chi connectivity index (χ3n) is 3.76. The zero-order valence-electron chi connectivity index (χ0n) is 11.4. The fourth-order valence-corrected chi connectivity index (χ4v) is 3.09. The Bertz CT molecular complexity index is 456. The monoisotopic (exact) mass is 325 g/mol. The molecule has 0 aromatic heterocycles. The van der Waals surface area contributed by atoms with Gasteiger partial charge in [0.25, 0.3) is 0 Å². The van der Waals surface area contributed by atoms with Gasteiger partial charge in [-0.25, -0.2) is 4.39 Å². The Morgan fingerprint density at radius 3 is 2.74 bits per heavy atom. The molecule has 0 saturated heterocycles. The minimum atomic E-state index is -0.142. The molecule has 1 nitrogen and oxygen atoms in total. The van der Waals surface area contributed by atoms with Crippen LogP contribution >= 0.6 is 15.9 Å². The molecule has 0 fully saturated rings. The minimum absolute atomic E-state index is 0.00574. The number of hydrogen-bond acceptors (Lipinski definition) is 1. The minimum Gasteiger partial charge on any atom is -0.310 e. The number of rotatable bonds is 3. The highest BCUT2D eigenvalue weighted by atomic mass is 79.9. The van der Waals surface area contributed by atoms with E-state index in [0.29, 0.717) is 0 Å². The fraction of sp³-hybridized carbons (Fsp3) is 0.500. The van der Waals surface area contributed by atoms with E-state index in [4.69, 9.17) is 0 Å². The van der Waals surface area contributed by atoms with Gasteiger partial charge in [-0.15, -0.1) is 0 Å². The van der Waals surface area contributed by atoms with Crippen LogP contribution in [0.5, 0.6) is 0 Å². The lowest BCUT2D eigenvalue weighted by molar-refractivity contribution is 0.541. The predicted octanol–water partition coefficient (Wildman–Crippen LogP) is 5.13. The lowest BCUT2D eigenvalue weighted by Gasteiger charge is -2.23. The summed E-state index contributed by atoms with van der Waals surface area (Å²) >= 11 is 3.31. The third kappa shape index (κ3) is 3.90. The molecule has 0 saturated carbocycles. The van der Waals surface area contributed by atoms with Crippen LogP contribution in [0.1, 0.15) is 50.1 Å². The molecule has 0 heterocycles. The van der Waals surface area contributed by atoms with E-state index >= 15 is 0 Å². The Morgan fingerprint density at radius 1 is 1.21 bits per heavy atom. The zero-order chi connectivity index (χ0) is 13.7. The summed E-state index contributed by atoms with van der Waals surface area (Å²) in [6, 6.07) is 5.33. The summed E-state index contributed by atoms with van der Waals surface area (Å²) < 4.78 is 14.9. The highest BCUT2D eigenvalue weighted by Crippen LogP contribution is 2.31. The van der Waals surface area contributed by atoms with Crippen LogP contribution < -0.4 is 5.32 Å². The van der Waals surface area contributed by atoms with E-state index in [1.807, 2.05) is 19.2 Å². The molecule has 2 rings (SSSR count). The average Bonchev–Trinajstić information content (AvgIpc) is 2.34. The maximum Gasteiger partial charge on any atom is 0.129 e. The average molecular weight is 326 g/mol. The topological polar surface area (TPSA) is 12.0 Å². The molecular formula is C16H21BrFN. The molecule has 0 aliphatic heterocycles. The van der Waals surface area contributed by atoms with Crippen molar-refractivity contribution in [2.75, 3.05) is 7.05 Å². The van der Waals surface area contributed by atoms with Crippen molar-refractivity contribution in [2.24, 2.45) is 0 Å². The van der Waals surface area contributed by atoms with E-state index in [9.17, 15) is 4.39 Å². The Kier molecular flexibility index (Phi) is 5.59. The Labute approximate surface area is 123 Å². The predicted molar refractivity (Wildman–Crippen MR) is 81.7 cm³/mol. The Hall–Kier alpha value is -0.670. The van der Waals surface area contributed by atoms with Crippen LogP contribution in [-0.2, 0) is 0 Å². The first kappa shape index (κ1) is 14.7. The number of likely N-dealkylation sites (N-methyl/N-ethyl adjacent to an activating group) is 1. The Morgan fingerprint density at radius 2 is 2.00 bits per heavy atom. The number of benzene rings is 1. The highest BCUT2D eigenvalue weighted by Gasteiger charge is 2.18. The molecule has 19 heavy (non-hydrogen) atoms. The van der Waals surface area contributed by atoms with Gasteiger partial charge in [-0.2, -0.15) is 0 Å². The molecule has 1 aromatic carbocycles. The smallest absolute Gasteiger partial charge is 0.129 e. The van der Waals surface area contributed by atoms with Gasteiger partial charge in [-0.05, 0) is 44.9 Å². The number of halogens is 2. The summed E-state index contributed by atoms with van der Waals surface area (Å²) in [6.07, 6.45) is 9.57. The normalized spacial score (nSPS) is 21.1. The van der Waals surface area contributed by atoms with Gasteiger partial charge in [0.15, 0.2) is 0 Å². The Balaban J connectivity index is 2.27. The standard InChI is InChI=1S/C16H21BrFN/c1-19-16(12-7-5-3-2-4-6-8-12)14-10-9-13(17)11-15(14)18/h7,9-11,16,19H,2-6,8H2,1H3/b12-7+. The van der Waals surface area contributed by atoms with Crippen molar-refractivity contribution >= 4 is 15.9 Å². The van der Waals surface area contributed by atoms with Crippen LogP contribution in [0.4, 0.5) is 4.39 Å². The first-order valence-electron chi connectivity index (χ1n) is 7.03. The van der Waals surface area contributed by atoms with Crippen molar-refractivity contribution in [1.82, 2.24) is 5.32 Å². The van der Waals surface area contributed by atoms with E-state index < -0.39 is 0 Å². The summed E-state index contributed by atoms with van der Waals surface area (Å²) in [5.74, 6) is -0.142. The van der Waals surface area contributed by atoms with Crippen molar-refractivity contribution in [1.29, 1.82) is 0 Å². The second-order valence-electron chi connectivity index (χ2n) is 5.12. The molecule has 1 unspecified atom stereocenters. The summed E-state index contributed by atoms with van der Waals surface area (Å²) in [6.45, 7) is 0. The van der Waals surface area contributed by atoms with Crippen molar-refractivity contribution in [3.63, 3.8) is 0 Å². The lowest BCUT2D eigenvalue weighted by atomic mass is 9.91. The zero-order valence-corrected chi connectivity index (χ0v) is 13.0. The lowest BCUT2D eigenvalue weighted by Crippen LogP contribution is -2.20. The third-order valence-corrected chi connectivity index (χ3v) is 4.25. The molecule has 1 aliphatic rings. The molecule has 0 bridgehead atoms. The maximum absolute atomic E-state index is 14.1. The maximum atomic E-state index is 14.1. The first-order valence-corrected chi connectivity index (χ1v) is 7.83. The van der Waals surface area contributed by atoms with Gasteiger partial charge in [0.05, 0.1) is 6.04 Å². The summed E-state index contributed by atoms with van der Waals surface area (Å²) in [5, 5.41) is 3.27. The van der Waals surface area contributed by atoms with Gasteiger partial charge in [0.1, 0.15) is 5.82 Å². The van der Waals surface area contributed by atoms with Crippen LogP contribution in [-0.4, -0.2) is 7.05 Å². The summed E-state index contributed by atoms with van der Waals surface area (Å²) in [7, 11) is 1.91. The number of allylic oxidation sites excluding steroid dienone is 1. The molecule has 0 spiro atoms. The van der Waals surface area contributed by atoms with Crippen molar-refractivity contribution in [3.8, 4) is 0 Å². The van der Waals surface area contributed by atoms with Gasteiger partial charge in [0.2, 0.25) is 0 Å². The molecule has 0 amide bonds. The highest BCUT2D eigenvalue weighted by molar-refractivity contribution is 9.10. The molecule has 3 heteroatoms. The van der Waals surface area contributed by atoms with Crippen LogP contribution in [0.25, 0.3) is 0 Å². The number of nitrogens with one attached hydrogen (secondary N) is 1. The van der Waals surface area contributed by atoms with E-state index in [0.717, 1.165) is 22.9 Å². The van der Waals surface area contributed by atoms with Crippen molar-refractivity contribution in [3.05, 3.63) is 45.7 Å². The van der Waals surface area contributed by atoms with Crippen molar-refractivity contribution in [2.45, 2.75) is 44.6 Å². The van der Waals surface area contributed by atoms with Gasteiger partial charge in [0, 0.05) is 10.0 Å². The largest absolute Gasteiger partial charge is 0.310 e. The van der Waals surface area contributed by atoms with Crippen LogP contribution in [0.2, 0.25) is 0 Å². The van der Waals surface area contributed by atoms with Gasteiger partial charge in [-0.3, -0.25) is 0 Å². The van der Waals surface area contributed by atoms with Gasteiger partial charge < -0.3 is 5.32 Å². The molecule has 1 aliphatic carbocycles.